The maximum absolute atomic E-state index is 10.7. The van der Waals surface area contributed by atoms with Crippen molar-refractivity contribution in [3.05, 3.63) is 0 Å². The van der Waals surface area contributed by atoms with Crippen LogP contribution >= 0.6 is 0 Å². The molecule has 4 heteroatoms. The number of nitriles is 1. The summed E-state index contributed by atoms with van der Waals surface area (Å²) in [6.45, 7) is 1.35. The van der Waals surface area contributed by atoms with E-state index in [1.807, 2.05) is 18.0 Å². The van der Waals surface area contributed by atoms with Crippen LogP contribution in [-0.2, 0) is 9.53 Å². The Kier molecular flexibility index (Phi) is 6.02. The second kappa shape index (κ2) is 6.62. The van der Waals surface area contributed by atoms with E-state index in [1.54, 1.807) is 0 Å². The van der Waals surface area contributed by atoms with Crippen molar-refractivity contribution in [2.45, 2.75) is 12.8 Å². The van der Waals surface area contributed by atoms with Crippen LogP contribution in [0.15, 0.2) is 0 Å². The van der Waals surface area contributed by atoms with Gasteiger partial charge in [-0.15, -0.1) is 0 Å². The fourth-order valence-electron chi connectivity index (χ4n) is 0.737. The van der Waals surface area contributed by atoms with E-state index in [9.17, 15) is 4.79 Å². The first-order valence-electron chi connectivity index (χ1n) is 3.83. The van der Waals surface area contributed by atoms with Gasteiger partial charge in [-0.3, -0.25) is 4.79 Å². The molecule has 0 aromatic heterocycles. The Morgan fingerprint density at radius 1 is 1.58 bits per heavy atom. The normalized spacial score (nSPS) is 9.50. The van der Waals surface area contributed by atoms with E-state index in [1.165, 1.54) is 7.11 Å². The van der Waals surface area contributed by atoms with Crippen LogP contribution in [0.4, 0.5) is 0 Å². The molecule has 0 aromatic carbocycles. The number of rotatable bonds is 5. The first-order valence-corrected chi connectivity index (χ1v) is 3.83. The molecule has 0 aliphatic heterocycles. The van der Waals surface area contributed by atoms with Gasteiger partial charge in [-0.25, -0.2) is 0 Å². The zero-order valence-corrected chi connectivity index (χ0v) is 7.54. The fourth-order valence-corrected chi connectivity index (χ4v) is 0.737. The number of carbonyl (C=O) groups excluding carboxylic acids is 1. The second-order valence-electron chi connectivity index (χ2n) is 2.54. The second-order valence-corrected chi connectivity index (χ2v) is 2.54. The van der Waals surface area contributed by atoms with Crippen molar-refractivity contribution in [1.29, 1.82) is 5.26 Å². The van der Waals surface area contributed by atoms with Crippen LogP contribution in [0.3, 0.4) is 0 Å². The quantitative estimate of drug-likeness (QED) is 0.560. The van der Waals surface area contributed by atoms with E-state index < -0.39 is 0 Å². The molecule has 12 heavy (non-hydrogen) atoms. The summed E-state index contributed by atoms with van der Waals surface area (Å²) in [6.07, 6.45) is 0.885. The smallest absolute Gasteiger partial charge is 0.306 e. The van der Waals surface area contributed by atoms with Gasteiger partial charge in [0.25, 0.3) is 0 Å². The standard InChI is InChI=1S/C8H14N2O2/c1-10(6-3-5-9)7-4-8(11)12-2/h3-4,6-7H2,1-2H3. The van der Waals surface area contributed by atoms with E-state index in [4.69, 9.17) is 5.26 Å². The highest BCUT2D eigenvalue weighted by Gasteiger charge is 2.02. The van der Waals surface area contributed by atoms with Crippen molar-refractivity contribution in [2.24, 2.45) is 0 Å². The maximum Gasteiger partial charge on any atom is 0.306 e. The summed E-state index contributed by atoms with van der Waals surface area (Å²) in [4.78, 5) is 12.6. The first-order chi connectivity index (χ1) is 5.70. The van der Waals surface area contributed by atoms with Gasteiger partial charge in [0.2, 0.25) is 0 Å². The lowest BCUT2D eigenvalue weighted by Crippen LogP contribution is -2.23. The Morgan fingerprint density at radius 2 is 2.25 bits per heavy atom. The number of hydrogen-bond donors (Lipinski definition) is 0. The van der Waals surface area contributed by atoms with E-state index in [0.717, 1.165) is 0 Å². The molecule has 0 saturated carbocycles. The van der Waals surface area contributed by atoms with Crippen LogP contribution in [0.1, 0.15) is 12.8 Å². The largest absolute Gasteiger partial charge is 0.469 e. The summed E-state index contributed by atoms with van der Waals surface area (Å²) in [5, 5.41) is 8.27. The number of nitrogens with zero attached hydrogens (tertiary/aromatic N) is 2. The minimum atomic E-state index is -0.209. The number of methoxy groups -OCH3 is 1. The van der Waals surface area contributed by atoms with E-state index in [0.29, 0.717) is 25.9 Å². The SMILES string of the molecule is COC(=O)CCN(C)CCC#N. The van der Waals surface area contributed by atoms with Crippen molar-refractivity contribution in [1.82, 2.24) is 4.90 Å². The predicted molar refractivity (Wildman–Crippen MR) is 44.4 cm³/mol. The molecule has 4 nitrogen and oxygen atoms in total. The van der Waals surface area contributed by atoms with Gasteiger partial charge in [0.15, 0.2) is 0 Å². The number of carbonyl (C=O) groups is 1. The molecule has 0 aliphatic carbocycles. The third-order valence-electron chi connectivity index (χ3n) is 1.53. The molecule has 0 aliphatic rings. The summed E-state index contributed by atoms with van der Waals surface area (Å²) >= 11 is 0. The lowest BCUT2D eigenvalue weighted by atomic mass is 10.3. The average molecular weight is 170 g/mol. The number of esters is 1. The zero-order chi connectivity index (χ0) is 9.40. The van der Waals surface area contributed by atoms with Gasteiger partial charge in [0, 0.05) is 19.5 Å². The number of ether oxygens (including phenoxy) is 1. The van der Waals surface area contributed by atoms with E-state index in [-0.39, 0.29) is 5.97 Å². The van der Waals surface area contributed by atoms with Crippen LogP contribution in [0.25, 0.3) is 0 Å². The molecule has 0 fully saturated rings. The lowest BCUT2D eigenvalue weighted by molar-refractivity contribution is -0.140. The van der Waals surface area contributed by atoms with Crippen molar-refractivity contribution in [3.63, 3.8) is 0 Å². The summed E-state index contributed by atoms with van der Waals surface area (Å²) in [5.41, 5.74) is 0. The molecule has 0 rings (SSSR count). The van der Waals surface area contributed by atoms with Crippen molar-refractivity contribution in [3.8, 4) is 6.07 Å². The maximum atomic E-state index is 10.7. The highest BCUT2D eigenvalue weighted by molar-refractivity contribution is 5.69. The summed E-state index contributed by atoms with van der Waals surface area (Å²) < 4.78 is 4.47. The van der Waals surface area contributed by atoms with Crippen molar-refractivity contribution >= 4 is 5.97 Å². The molecule has 0 unspecified atom stereocenters. The minimum absolute atomic E-state index is 0.209. The molecule has 0 radical (unpaired) electrons. The predicted octanol–water partition coefficient (Wildman–Crippen LogP) is 0.395. The van der Waals surface area contributed by atoms with Crippen molar-refractivity contribution in [2.75, 3.05) is 27.2 Å². The van der Waals surface area contributed by atoms with Crippen LogP contribution in [0.5, 0.6) is 0 Å². The molecule has 0 amide bonds. The van der Waals surface area contributed by atoms with Gasteiger partial charge < -0.3 is 9.64 Å². The van der Waals surface area contributed by atoms with Crippen molar-refractivity contribution < 1.29 is 9.53 Å². The topological polar surface area (TPSA) is 53.3 Å². The Hall–Kier alpha value is -1.08. The van der Waals surface area contributed by atoms with E-state index in [2.05, 4.69) is 4.74 Å². The summed E-state index contributed by atoms with van der Waals surface area (Å²) in [7, 11) is 3.25. The van der Waals surface area contributed by atoms with Crippen LogP contribution in [0, 0.1) is 11.3 Å². The van der Waals surface area contributed by atoms with Gasteiger partial charge in [-0.05, 0) is 7.05 Å². The van der Waals surface area contributed by atoms with Gasteiger partial charge in [0.1, 0.15) is 0 Å². The lowest BCUT2D eigenvalue weighted by Gasteiger charge is -2.12. The first kappa shape index (κ1) is 10.9. The Balaban J connectivity index is 3.38. The van der Waals surface area contributed by atoms with E-state index >= 15 is 0 Å². The molecule has 68 valence electrons. The molecule has 0 aromatic rings. The fraction of sp³-hybridized carbons (Fsp3) is 0.750. The Morgan fingerprint density at radius 3 is 2.75 bits per heavy atom. The van der Waals surface area contributed by atoms with Crippen LogP contribution < -0.4 is 0 Å². The summed E-state index contributed by atoms with van der Waals surface area (Å²) in [5.74, 6) is -0.209. The average Bonchev–Trinajstić information content (AvgIpc) is 2.10. The summed E-state index contributed by atoms with van der Waals surface area (Å²) in [6, 6.07) is 2.04. The highest BCUT2D eigenvalue weighted by Crippen LogP contribution is 1.91. The van der Waals surface area contributed by atoms with Gasteiger partial charge in [-0.2, -0.15) is 5.26 Å². The van der Waals surface area contributed by atoms with Gasteiger partial charge in [0.05, 0.1) is 19.6 Å². The molecule has 0 spiro atoms. The molecular formula is C8H14N2O2. The van der Waals surface area contributed by atoms with Gasteiger partial charge >= 0.3 is 5.97 Å². The third-order valence-corrected chi connectivity index (χ3v) is 1.53. The molecule has 0 saturated heterocycles. The molecule has 0 bridgehead atoms. The Bertz CT molecular complexity index is 174. The van der Waals surface area contributed by atoms with Crippen LogP contribution in [0.2, 0.25) is 0 Å². The third kappa shape index (κ3) is 5.69. The molecular weight excluding hydrogens is 156 g/mol. The van der Waals surface area contributed by atoms with Crippen LogP contribution in [-0.4, -0.2) is 38.1 Å². The molecule has 0 atom stereocenters. The molecule has 0 heterocycles. The zero-order valence-electron chi connectivity index (χ0n) is 7.54. The van der Waals surface area contributed by atoms with Gasteiger partial charge in [-0.1, -0.05) is 0 Å². The Labute approximate surface area is 72.7 Å². The minimum Gasteiger partial charge on any atom is -0.469 e. The number of hydrogen-bond acceptors (Lipinski definition) is 4. The highest BCUT2D eigenvalue weighted by atomic mass is 16.5. The monoisotopic (exact) mass is 170 g/mol. The molecule has 0 N–H and O–H groups in total.